The fourth-order valence-corrected chi connectivity index (χ4v) is 5.35. The largest absolute Gasteiger partial charge is 0.478 e. The van der Waals surface area contributed by atoms with Gasteiger partial charge in [-0.3, -0.25) is 0 Å². The fraction of sp³-hybridized carbons (Fsp3) is 0.850. The molecule has 3 unspecified atom stereocenters. The molecule has 1 saturated carbocycles. The van der Waals surface area contributed by atoms with E-state index in [-0.39, 0.29) is 29.5 Å². The van der Waals surface area contributed by atoms with E-state index in [4.69, 9.17) is 5.11 Å². The van der Waals surface area contributed by atoms with Gasteiger partial charge in [-0.05, 0) is 60.7 Å². The maximum absolute atomic E-state index is 11.8. The monoisotopic (exact) mass is 338 g/mol. The molecule has 2 aliphatic carbocycles. The van der Waals surface area contributed by atoms with E-state index in [0.29, 0.717) is 17.4 Å². The normalized spacial score (nSPS) is 36.6. The molecule has 0 aromatic heterocycles. The van der Waals surface area contributed by atoms with Gasteiger partial charge in [-0.1, -0.05) is 40.2 Å². The molecular formula is C20H34O4. The molecule has 0 aromatic carbocycles. The van der Waals surface area contributed by atoms with Crippen LogP contribution < -0.4 is 0 Å². The lowest BCUT2D eigenvalue weighted by molar-refractivity contribution is -0.139. The maximum Gasteiger partial charge on any atom is 0.331 e. The first kappa shape index (κ1) is 19.5. The van der Waals surface area contributed by atoms with Crippen LogP contribution in [0, 0.1) is 28.6 Å². The zero-order chi connectivity index (χ0) is 18.1. The molecule has 2 aliphatic rings. The third-order valence-corrected chi connectivity index (χ3v) is 7.07. The highest BCUT2D eigenvalue weighted by Crippen LogP contribution is 2.60. The lowest BCUT2D eigenvalue weighted by Crippen LogP contribution is -2.54. The quantitative estimate of drug-likeness (QED) is 0.691. The molecule has 0 amide bonds. The Kier molecular flexibility index (Phi) is 5.81. The molecule has 0 spiro atoms. The molecule has 2 rings (SSSR count). The van der Waals surface area contributed by atoms with E-state index in [9.17, 15) is 15.0 Å². The number of aliphatic hydroxyl groups excluding tert-OH is 2. The minimum absolute atomic E-state index is 0.0293. The fourth-order valence-electron chi connectivity index (χ4n) is 5.35. The van der Waals surface area contributed by atoms with Crippen LogP contribution in [0.3, 0.4) is 0 Å². The average molecular weight is 338 g/mol. The predicted molar refractivity (Wildman–Crippen MR) is 94.5 cm³/mol. The van der Waals surface area contributed by atoms with Crippen molar-refractivity contribution in [2.75, 3.05) is 6.61 Å². The SMILES string of the molecule is CC(CCO)CC[C@@H]1C(C(=O)O)=CCC2C(C)(C)C(O)CC[C@]21C. The lowest BCUT2D eigenvalue weighted by Gasteiger charge is -2.58. The van der Waals surface area contributed by atoms with Gasteiger partial charge in [-0.2, -0.15) is 0 Å². The van der Waals surface area contributed by atoms with Crippen LogP contribution in [0.5, 0.6) is 0 Å². The third-order valence-electron chi connectivity index (χ3n) is 7.07. The lowest BCUT2D eigenvalue weighted by atomic mass is 9.47. The van der Waals surface area contributed by atoms with Crippen LogP contribution in [0.1, 0.15) is 66.2 Å². The first-order valence-electron chi connectivity index (χ1n) is 9.36. The summed E-state index contributed by atoms with van der Waals surface area (Å²) in [5.41, 5.74) is 0.296. The van der Waals surface area contributed by atoms with Crippen molar-refractivity contribution in [1.29, 1.82) is 0 Å². The Morgan fingerprint density at radius 3 is 2.58 bits per heavy atom. The Hall–Kier alpha value is -0.870. The van der Waals surface area contributed by atoms with E-state index in [2.05, 4.69) is 27.7 Å². The molecule has 0 aliphatic heterocycles. The number of aliphatic carboxylic acids is 1. The Balaban J connectivity index is 2.30. The summed E-state index contributed by atoms with van der Waals surface area (Å²) in [6, 6.07) is 0. The second kappa shape index (κ2) is 7.17. The minimum Gasteiger partial charge on any atom is -0.478 e. The van der Waals surface area contributed by atoms with Crippen molar-refractivity contribution < 1.29 is 20.1 Å². The van der Waals surface area contributed by atoms with Crippen molar-refractivity contribution in [3.05, 3.63) is 11.6 Å². The van der Waals surface area contributed by atoms with Crippen LogP contribution in [0.4, 0.5) is 0 Å². The van der Waals surface area contributed by atoms with Crippen LogP contribution in [0.25, 0.3) is 0 Å². The number of allylic oxidation sites excluding steroid dienone is 1. The highest BCUT2D eigenvalue weighted by atomic mass is 16.4. The van der Waals surface area contributed by atoms with Gasteiger partial charge in [0.1, 0.15) is 0 Å². The standard InChI is InChI=1S/C20H34O4/c1-13(10-12-21)5-7-15-14(18(23)24)6-8-16-19(2,3)17(22)9-11-20(15,16)4/h6,13,15-17,21-22H,5,7-12H2,1-4H3,(H,23,24)/t13?,15-,16?,17?,20+/m1/s1. The van der Waals surface area contributed by atoms with Crippen molar-refractivity contribution in [2.45, 2.75) is 72.3 Å². The zero-order valence-corrected chi connectivity index (χ0v) is 15.6. The second-order valence-corrected chi connectivity index (χ2v) is 8.88. The number of carboxylic acid groups (broad SMARTS) is 1. The highest BCUT2D eigenvalue weighted by molar-refractivity contribution is 5.87. The van der Waals surface area contributed by atoms with Gasteiger partial charge < -0.3 is 15.3 Å². The van der Waals surface area contributed by atoms with Crippen LogP contribution in [-0.2, 0) is 4.79 Å². The molecule has 0 saturated heterocycles. The van der Waals surface area contributed by atoms with Gasteiger partial charge in [0, 0.05) is 12.2 Å². The summed E-state index contributed by atoms with van der Waals surface area (Å²) in [6.07, 6.45) is 6.51. The molecule has 0 bridgehead atoms. The van der Waals surface area contributed by atoms with Gasteiger partial charge in [0.2, 0.25) is 0 Å². The Morgan fingerprint density at radius 2 is 2.00 bits per heavy atom. The number of aliphatic hydroxyl groups is 2. The highest BCUT2D eigenvalue weighted by Gasteiger charge is 2.56. The van der Waals surface area contributed by atoms with Gasteiger partial charge in [0.05, 0.1) is 6.10 Å². The summed E-state index contributed by atoms with van der Waals surface area (Å²) < 4.78 is 0. The molecule has 138 valence electrons. The number of carboxylic acids is 1. The second-order valence-electron chi connectivity index (χ2n) is 8.88. The van der Waals surface area contributed by atoms with Crippen molar-refractivity contribution in [1.82, 2.24) is 0 Å². The molecule has 0 heterocycles. The summed E-state index contributed by atoms with van der Waals surface area (Å²) in [5, 5.41) is 29.3. The first-order valence-corrected chi connectivity index (χ1v) is 9.36. The molecule has 0 aromatic rings. The smallest absolute Gasteiger partial charge is 0.331 e. The average Bonchev–Trinajstić information content (AvgIpc) is 2.49. The van der Waals surface area contributed by atoms with Gasteiger partial charge in [0.25, 0.3) is 0 Å². The van der Waals surface area contributed by atoms with Crippen LogP contribution in [0.2, 0.25) is 0 Å². The van der Waals surface area contributed by atoms with Crippen molar-refractivity contribution in [2.24, 2.45) is 28.6 Å². The van der Waals surface area contributed by atoms with Crippen LogP contribution in [-0.4, -0.2) is 34.0 Å². The molecule has 1 fully saturated rings. The summed E-state index contributed by atoms with van der Waals surface area (Å²) in [5.74, 6) is -0.0636. The van der Waals surface area contributed by atoms with E-state index in [1.165, 1.54) is 0 Å². The van der Waals surface area contributed by atoms with Crippen LogP contribution in [0.15, 0.2) is 11.6 Å². The summed E-state index contributed by atoms with van der Waals surface area (Å²) >= 11 is 0. The van der Waals surface area contributed by atoms with Crippen LogP contribution >= 0.6 is 0 Å². The topological polar surface area (TPSA) is 77.8 Å². The summed E-state index contributed by atoms with van der Waals surface area (Å²) in [6.45, 7) is 8.81. The molecule has 0 radical (unpaired) electrons. The minimum atomic E-state index is -0.793. The summed E-state index contributed by atoms with van der Waals surface area (Å²) in [7, 11) is 0. The Labute approximate surface area is 146 Å². The van der Waals surface area contributed by atoms with Gasteiger partial charge in [-0.25, -0.2) is 4.79 Å². The van der Waals surface area contributed by atoms with E-state index in [1.807, 2.05) is 6.08 Å². The van der Waals surface area contributed by atoms with E-state index in [1.54, 1.807) is 0 Å². The van der Waals surface area contributed by atoms with Gasteiger partial charge in [0.15, 0.2) is 0 Å². The molecular weight excluding hydrogens is 304 g/mol. The molecule has 3 N–H and O–H groups in total. The predicted octanol–water partition coefficient (Wildman–Crippen LogP) is 3.62. The van der Waals surface area contributed by atoms with E-state index >= 15 is 0 Å². The number of fused-ring (bicyclic) bond motifs is 1. The zero-order valence-electron chi connectivity index (χ0n) is 15.6. The number of hydrogen-bond donors (Lipinski definition) is 3. The summed E-state index contributed by atoms with van der Waals surface area (Å²) in [4.78, 5) is 11.8. The van der Waals surface area contributed by atoms with Crippen molar-refractivity contribution in [3.8, 4) is 0 Å². The van der Waals surface area contributed by atoms with Crippen molar-refractivity contribution in [3.63, 3.8) is 0 Å². The molecule has 5 atom stereocenters. The molecule has 4 nitrogen and oxygen atoms in total. The number of carbonyl (C=O) groups is 1. The number of rotatable bonds is 6. The third kappa shape index (κ3) is 3.41. The first-order chi connectivity index (χ1) is 11.1. The van der Waals surface area contributed by atoms with Crippen molar-refractivity contribution >= 4 is 5.97 Å². The van der Waals surface area contributed by atoms with Gasteiger partial charge >= 0.3 is 5.97 Å². The molecule has 4 heteroatoms. The van der Waals surface area contributed by atoms with E-state index in [0.717, 1.165) is 38.5 Å². The van der Waals surface area contributed by atoms with E-state index < -0.39 is 5.97 Å². The molecule has 24 heavy (non-hydrogen) atoms. The Morgan fingerprint density at radius 1 is 1.33 bits per heavy atom. The van der Waals surface area contributed by atoms with Gasteiger partial charge in [-0.15, -0.1) is 0 Å². The Bertz CT molecular complexity index is 496. The number of hydrogen-bond acceptors (Lipinski definition) is 3. The maximum atomic E-state index is 11.8.